The van der Waals surface area contributed by atoms with Gasteiger partial charge in [-0.05, 0) is 17.9 Å². The van der Waals surface area contributed by atoms with E-state index in [2.05, 4.69) is 5.32 Å². The number of rotatable bonds is 4. The molecule has 0 bridgehead atoms. The number of nitrogens with two attached hydrogens (primary N) is 1. The fraction of sp³-hybridized carbons (Fsp3) is 0.417. The number of amides is 1. The van der Waals surface area contributed by atoms with Crippen LogP contribution >= 0.6 is 11.3 Å². The lowest BCUT2D eigenvalue weighted by Gasteiger charge is -2.19. The van der Waals surface area contributed by atoms with Gasteiger partial charge >= 0.3 is 5.97 Å². The van der Waals surface area contributed by atoms with Crippen LogP contribution in [0.25, 0.3) is 0 Å². The number of nitrogens with one attached hydrogen (secondary N) is 1. The number of carbonyl (C=O) groups excluding carboxylic acids is 1. The van der Waals surface area contributed by atoms with Crippen molar-refractivity contribution in [3.8, 4) is 6.07 Å². The van der Waals surface area contributed by atoms with E-state index in [9.17, 15) is 9.59 Å². The summed E-state index contributed by atoms with van der Waals surface area (Å²) in [7, 11) is 0. The molecule has 1 amide bonds. The van der Waals surface area contributed by atoms with Crippen LogP contribution in [0.3, 0.4) is 0 Å². The van der Waals surface area contributed by atoms with E-state index in [0.717, 1.165) is 0 Å². The molecule has 1 fully saturated rings. The van der Waals surface area contributed by atoms with Crippen LogP contribution in [-0.4, -0.2) is 47.1 Å². The van der Waals surface area contributed by atoms with Crippen LogP contribution in [0.2, 0.25) is 0 Å². The number of hydrogen-bond donors (Lipinski definition) is 3. The normalized spacial score (nSPS) is 22.4. The third-order valence-corrected chi connectivity index (χ3v) is 4.04. The molecule has 0 radical (unpaired) electrons. The molecule has 20 heavy (non-hydrogen) atoms. The lowest BCUT2D eigenvalue weighted by atomic mass is 10.0. The Morgan fingerprint density at radius 1 is 1.65 bits per heavy atom. The number of thiophene rings is 1. The monoisotopic (exact) mass is 294 g/mol. The van der Waals surface area contributed by atoms with E-state index in [1.54, 1.807) is 16.3 Å². The zero-order valence-electron chi connectivity index (χ0n) is 10.6. The molecule has 1 atom stereocenters. The maximum atomic E-state index is 11.9. The highest BCUT2D eigenvalue weighted by Crippen LogP contribution is 2.23. The van der Waals surface area contributed by atoms with Crippen molar-refractivity contribution in [1.29, 1.82) is 5.26 Å². The fourth-order valence-electron chi connectivity index (χ4n) is 2.09. The van der Waals surface area contributed by atoms with Crippen LogP contribution < -0.4 is 11.1 Å². The molecule has 0 aromatic carbocycles. The van der Waals surface area contributed by atoms with E-state index in [1.807, 2.05) is 6.07 Å². The number of nitrogens with zero attached hydrogens (tertiary/aromatic N) is 2. The van der Waals surface area contributed by atoms with Gasteiger partial charge in [-0.25, -0.2) is 0 Å². The van der Waals surface area contributed by atoms with Crippen molar-refractivity contribution in [1.82, 2.24) is 4.90 Å². The highest BCUT2D eigenvalue weighted by molar-refractivity contribution is 7.14. The molecule has 0 spiro atoms. The van der Waals surface area contributed by atoms with Crippen LogP contribution in [0, 0.1) is 11.3 Å². The summed E-state index contributed by atoms with van der Waals surface area (Å²) in [5, 5.41) is 22.7. The lowest BCUT2D eigenvalue weighted by molar-refractivity contribution is -0.143. The van der Waals surface area contributed by atoms with Gasteiger partial charge in [0.1, 0.15) is 16.6 Å². The number of hydrogen-bond acceptors (Lipinski definition) is 6. The Morgan fingerprint density at radius 3 is 3.00 bits per heavy atom. The molecule has 1 aliphatic rings. The zero-order chi connectivity index (χ0) is 14.8. The summed E-state index contributed by atoms with van der Waals surface area (Å²) < 4.78 is 0. The fourth-order valence-corrected chi connectivity index (χ4v) is 2.84. The van der Waals surface area contributed by atoms with Gasteiger partial charge in [0.05, 0.1) is 12.1 Å². The summed E-state index contributed by atoms with van der Waals surface area (Å²) in [6, 6.07) is 3.62. The number of anilines is 1. The van der Waals surface area contributed by atoms with Gasteiger partial charge in [-0.15, -0.1) is 11.3 Å². The van der Waals surface area contributed by atoms with Crippen molar-refractivity contribution < 1.29 is 14.7 Å². The summed E-state index contributed by atoms with van der Waals surface area (Å²) in [6.07, 6.45) is 0.318. The quantitative estimate of drug-likeness (QED) is 0.721. The molecule has 7 nitrogen and oxygen atoms in total. The van der Waals surface area contributed by atoms with Crippen molar-refractivity contribution in [2.75, 3.05) is 25.0 Å². The smallest absolute Gasteiger partial charge is 0.325 e. The second-order valence-corrected chi connectivity index (χ2v) is 5.66. The van der Waals surface area contributed by atoms with Gasteiger partial charge in [-0.2, -0.15) is 5.26 Å². The minimum atomic E-state index is -1.28. The van der Waals surface area contributed by atoms with Gasteiger partial charge in [0.25, 0.3) is 0 Å². The number of carbonyl (C=O) groups is 2. The molecule has 8 heteroatoms. The SMILES string of the molecule is N#Cc1ccsc1NC(=O)CN1CCC(N)(C(=O)O)C1. The van der Waals surface area contributed by atoms with E-state index < -0.39 is 11.5 Å². The van der Waals surface area contributed by atoms with Gasteiger partial charge in [0.2, 0.25) is 5.91 Å². The van der Waals surface area contributed by atoms with Crippen molar-refractivity contribution in [2.24, 2.45) is 5.73 Å². The average molecular weight is 294 g/mol. The number of nitriles is 1. The van der Waals surface area contributed by atoms with Crippen LogP contribution in [0.5, 0.6) is 0 Å². The first-order valence-corrected chi connectivity index (χ1v) is 6.84. The summed E-state index contributed by atoms with van der Waals surface area (Å²) in [5.41, 5.74) is 4.88. The average Bonchev–Trinajstić information content (AvgIpc) is 2.97. The van der Waals surface area contributed by atoms with E-state index in [4.69, 9.17) is 16.1 Å². The van der Waals surface area contributed by atoms with Crippen molar-refractivity contribution >= 4 is 28.2 Å². The molecule has 4 N–H and O–H groups in total. The van der Waals surface area contributed by atoms with Crippen LogP contribution in [0.15, 0.2) is 11.4 Å². The second-order valence-electron chi connectivity index (χ2n) is 4.75. The molecule has 0 aliphatic carbocycles. The maximum Gasteiger partial charge on any atom is 0.325 e. The van der Waals surface area contributed by atoms with Gasteiger partial charge in [0, 0.05) is 13.1 Å². The van der Waals surface area contributed by atoms with Gasteiger partial charge < -0.3 is 16.2 Å². The zero-order valence-corrected chi connectivity index (χ0v) is 11.4. The number of carboxylic acids is 1. The highest BCUT2D eigenvalue weighted by atomic mass is 32.1. The molecular weight excluding hydrogens is 280 g/mol. The summed E-state index contributed by atoms with van der Waals surface area (Å²) in [4.78, 5) is 24.6. The molecule has 1 aliphatic heterocycles. The number of carboxylic acid groups (broad SMARTS) is 1. The Kier molecular flexibility index (Phi) is 4.04. The summed E-state index contributed by atoms with van der Waals surface area (Å²) in [6.45, 7) is 0.673. The first-order chi connectivity index (χ1) is 9.44. The highest BCUT2D eigenvalue weighted by Gasteiger charge is 2.41. The van der Waals surface area contributed by atoms with Crippen molar-refractivity contribution in [2.45, 2.75) is 12.0 Å². The van der Waals surface area contributed by atoms with E-state index in [-0.39, 0.29) is 19.0 Å². The Labute approximate surface area is 119 Å². The molecule has 1 unspecified atom stereocenters. The topological polar surface area (TPSA) is 119 Å². The van der Waals surface area contributed by atoms with Crippen LogP contribution in [-0.2, 0) is 9.59 Å². The van der Waals surface area contributed by atoms with Crippen LogP contribution in [0.4, 0.5) is 5.00 Å². The minimum absolute atomic E-state index is 0.0645. The molecule has 1 aromatic rings. The third-order valence-electron chi connectivity index (χ3n) is 3.21. The van der Waals surface area contributed by atoms with Crippen molar-refractivity contribution in [3.05, 3.63) is 17.0 Å². The van der Waals surface area contributed by atoms with Crippen LogP contribution in [0.1, 0.15) is 12.0 Å². The predicted octanol–water partition coefficient (Wildman–Crippen LogP) is 0.0461. The minimum Gasteiger partial charge on any atom is -0.480 e. The number of likely N-dealkylation sites (tertiary alicyclic amines) is 1. The largest absolute Gasteiger partial charge is 0.480 e. The Hall–Kier alpha value is -1.95. The Bertz CT molecular complexity index is 580. The van der Waals surface area contributed by atoms with E-state index in [0.29, 0.717) is 23.5 Å². The molecule has 1 aromatic heterocycles. The molecular formula is C12H14N4O3S. The first kappa shape index (κ1) is 14.5. The van der Waals surface area contributed by atoms with Gasteiger partial charge in [0.15, 0.2) is 0 Å². The molecule has 0 saturated carbocycles. The van der Waals surface area contributed by atoms with E-state index >= 15 is 0 Å². The van der Waals surface area contributed by atoms with Gasteiger partial charge in [-0.3, -0.25) is 14.5 Å². The Morgan fingerprint density at radius 2 is 2.40 bits per heavy atom. The lowest BCUT2D eigenvalue weighted by Crippen LogP contribution is -2.50. The van der Waals surface area contributed by atoms with E-state index in [1.165, 1.54) is 11.3 Å². The van der Waals surface area contributed by atoms with Gasteiger partial charge in [-0.1, -0.05) is 0 Å². The molecule has 1 saturated heterocycles. The predicted molar refractivity (Wildman–Crippen MR) is 73.3 cm³/mol. The summed E-state index contributed by atoms with van der Waals surface area (Å²) >= 11 is 1.27. The molecule has 2 rings (SSSR count). The third kappa shape index (κ3) is 2.96. The first-order valence-electron chi connectivity index (χ1n) is 5.97. The Balaban J connectivity index is 1.91. The van der Waals surface area contributed by atoms with Crippen molar-refractivity contribution in [3.63, 3.8) is 0 Å². The summed E-state index contributed by atoms with van der Waals surface area (Å²) in [5.74, 6) is -1.33. The maximum absolute atomic E-state index is 11.9. The standard InChI is InChI=1S/C12H14N4O3S/c13-5-8-1-4-20-10(8)15-9(17)6-16-3-2-12(14,7-16)11(18)19/h1,4H,2-3,6-7,14H2,(H,15,17)(H,18,19). The molecule has 2 heterocycles. The number of aliphatic carboxylic acids is 1. The second kappa shape index (κ2) is 5.58. The molecule has 106 valence electrons.